The third-order valence-electron chi connectivity index (χ3n) is 4.55. The molecule has 0 atom stereocenters. The first-order valence-electron chi connectivity index (χ1n) is 8.38. The zero-order valence-electron chi connectivity index (χ0n) is 14.4. The molecular formula is C17H24N2O5S. The van der Waals surface area contributed by atoms with E-state index in [1.807, 2.05) is 13.8 Å². The molecule has 1 fully saturated rings. The van der Waals surface area contributed by atoms with Crippen LogP contribution >= 0.6 is 0 Å². The lowest BCUT2D eigenvalue weighted by molar-refractivity contribution is -0.138. The van der Waals surface area contributed by atoms with Crippen LogP contribution in [0.3, 0.4) is 0 Å². The maximum atomic E-state index is 12.4. The van der Waals surface area contributed by atoms with E-state index in [4.69, 9.17) is 5.11 Å². The summed E-state index contributed by atoms with van der Waals surface area (Å²) in [5.41, 5.74) is -0.525. The molecule has 0 spiro atoms. The first kappa shape index (κ1) is 19.4. The number of hydrogen-bond acceptors (Lipinski definition) is 4. The summed E-state index contributed by atoms with van der Waals surface area (Å²) in [4.78, 5) is 23.6. The Morgan fingerprint density at radius 3 is 2.16 bits per heavy atom. The molecule has 7 nitrogen and oxygen atoms in total. The molecule has 1 aromatic rings. The van der Waals surface area contributed by atoms with Crippen molar-refractivity contribution in [1.82, 2.24) is 10.0 Å². The van der Waals surface area contributed by atoms with Crippen LogP contribution < -0.4 is 10.0 Å². The van der Waals surface area contributed by atoms with E-state index in [1.54, 1.807) is 0 Å². The van der Waals surface area contributed by atoms with E-state index >= 15 is 0 Å². The summed E-state index contributed by atoms with van der Waals surface area (Å²) in [5, 5.41) is 11.9. The second-order valence-corrected chi connectivity index (χ2v) is 8.15. The van der Waals surface area contributed by atoms with Crippen LogP contribution in [-0.4, -0.2) is 37.0 Å². The summed E-state index contributed by atoms with van der Waals surface area (Å²) < 4.78 is 26.8. The van der Waals surface area contributed by atoms with E-state index < -0.39 is 27.4 Å². The first-order valence-corrected chi connectivity index (χ1v) is 9.86. The van der Waals surface area contributed by atoms with Crippen molar-refractivity contribution in [2.75, 3.05) is 0 Å². The van der Waals surface area contributed by atoms with Gasteiger partial charge in [-0.3, -0.25) is 9.59 Å². The van der Waals surface area contributed by atoms with E-state index in [0.29, 0.717) is 18.4 Å². The van der Waals surface area contributed by atoms with Gasteiger partial charge in [0, 0.05) is 11.6 Å². The lowest BCUT2D eigenvalue weighted by Crippen LogP contribution is -2.49. The summed E-state index contributed by atoms with van der Waals surface area (Å²) >= 11 is 0. The number of benzene rings is 1. The number of sulfonamides is 1. The smallest absolute Gasteiger partial charge is 0.305 e. The van der Waals surface area contributed by atoms with E-state index in [9.17, 15) is 18.0 Å². The molecule has 1 saturated carbocycles. The predicted molar refractivity (Wildman–Crippen MR) is 92.8 cm³/mol. The highest BCUT2D eigenvalue weighted by atomic mass is 32.2. The van der Waals surface area contributed by atoms with Gasteiger partial charge in [0.2, 0.25) is 10.0 Å². The van der Waals surface area contributed by atoms with Crippen molar-refractivity contribution in [2.24, 2.45) is 0 Å². The number of amides is 1. The van der Waals surface area contributed by atoms with Crippen LogP contribution in [0, 0.1) is 0 Å². The molecule has 0 radical (unpaired) electrons. The maximum Gasteiger partial charge on any atom is 0.305 e. The van der Waals surface area contributed by atoms with Crippen molar-refractivity contribution in [1.29, 1.82) is 0 Å². The largest absolute Gasteiger partial charge is 0.481 e. The Hall–Kier alpha value is -1.93. The standard InChI is InChI=1S/C17H24N2O5S/c1-3-17(4-2,11-15(20)21)18-16(22)12-5-9-14(10-6-12)25(23,24)19-13-7-8-13/h5-6,9-10,13,19H,3-4,7-8,11H2,1-2H3,(H,18,22)(H,20,21). The Kier molecular flexibility index (Phi) is 5.84. The monoisotopic (exact) mass is 368 g/mol. The highest BCUT2D eigenvalue weighted by molar-refractivity contribution is 7.89. The Labute approximate surface area is 147 Å². The lowest BCUT2D eigenvalue weighted by atomic mass is 9.88. The van der Waals surface area contributed by atoms with E-state index in [1.165, 1.54) is 24.3 Å². The van der Waals surface area contributed by atoms with E-state index in [-0.39, 0.29) is 17.4 Å². The highest BCUT2D eigenvalue weighted by Crippen LogP contribution is 2.23. The van der Waals surface area contributed by atoms with Crippen molar-refractivity contribution in [3.63, 3.8) is 0 Å². The van der Waals surface area contributed by atoms with Crippen LogP contribution in [0.2, 0.25) is 0 Å². The molecule has 1 amide bonds. The molecule has 1 aliphatic rings. The summed E-state index contributed by atoms with van der Waals surface area (Å²) in [5.74, 6) is -1.39. The molecule has 3 N–H and O–H groups in total. The summed E-state index contributed by atoms with van der Waals surface area (Å²) in [6, 6.07) is 5.66. The molecule has 25 heavy (non-hydrogen) atoms. The van der Waals surface area contributed by atoms with Crippen molar-refractivity contribution in [2.45, 2.75) is 62.4 Å². The average molecular weight is 368 g/mol. The van der Waals surface area contributed by atoms with Gasteiger partial charge < -0.3 is 10.4 Å². The molecule has 0 heterocycles. The van der Waals surface area contributed by atoms with Gasteiger partial charge in [0.1, 0.15) is 0 Å². The summed E-state index contributed by atoms with van der Waals surface area (Å²) in [7, 11) is -3.56. The number of hydrogen-bond donors (Lipinski definition) is 3. The van der Waals surface area contributed by atoms with Crippen molar-refractivity contribution in [3.05, 3.63) is 29.8 Å². The van der Waals surface area contributed by atoms with Crippen LogP contribution in [0.4, 0.5) is 0 Å². The van der Waals surface area contributed by atoms with Gasteiger partial charge in [0.25, 0.3) is 5.91 Å². The van der Waals surface area contributed by atoms with Gasteiger partial charge in [-0.25, -0.2) is 13.1 Å². The zero-order chi connectivity index (χ0) is 18.7. The minimum atomic E-state index is -3.56. The van der Waals surface area contributed by atoms with Crippen LogP contribution in [-0.2, 0) is 14.8 Å². The fraction of sp³-hybridized carbons (Fsp3) is 0.529. The molecule has 0 bridgehead atoms. The number of nitrogens with one attached hydrogen (secondary N) is 2. The maximum absolute atomic E-state index is 12.4. The number of carboxylic acids is 1. The Morgan fingerprint density at radius 2 is 1.72 bits per heavy atom. The normalized spacial score (nSPS) is 15.0. The molecule has 0 aliphatic heterocycles. The third-order valence-corrected chi connectivity index (χ3v) is 6.08. The third kappa shape index (κ3) is 5.02. The summed E-state index contributed by atoms with van der Waals surface area (Å²) in [6.45, 7) is 3.65. The number of rotatable bonds is 9. The molecule has 138 valence electrons. The molecule has 1 aromatic carbocycles. The van der Waals surface area contributed by atoms with Gasteiger partial charge in [-0.15, -0.1) is 0 Å². The quantitative estimate of drug-likeness (QED) is 0.616. The van der Waals surface area contributed by atoms with Gasteiger partial charge in [0.15, 0.2) is 0 Å². The molecule has 8 heteroatoms. The minimum absolute atomic E-state index is 0.0127. The van der Waals surface area contributed by atoms with E-state index in [2.05, 4.69) is 10.0 Å². The van der Waals surface area contributed by atoms with Gasteiger partial charge in [-0.2, -0.15) is 0 Å². The summed E-state index contributed by atoms with van der Waals surface area (Å²) in [6.07, 6.45) is 2.50. The number of aliphatic carboxylic acids is 1. The second-order valence-electron chi connectivity index (χ2n) is 6.43. The van der Waals surface area contributed by atoms with Gasteiger partial charge in [-0.05, 0) is 49.9 Å². The molecule has 2 rings (SSSR count). The van der Waals surface area contributed by atoms with Gasteiger partial charge in [-0.1, -0.05) is 13.8 Å². The molecular weight excluding hydrogens is 344 g/mol. The fourth-order valence-corrected chi connectivity index (χ4v) is 3.90. The van der Waals surface area contributed by atoms with Gasteiger partial charge >= 0.3 is 5.97 Å². The first-order chi connectivity index (χ1) is 11.7. The van der Waals surface area contributed by atoms with Crippen molar-refractivity contribution < 1.29 is 23.1 Å². The molecule has 0 unspecified atom stereocenters. The Morgan fingerprint density at radius 1 is 1.16 bits per heavy atom. The SMILES string of the molecule is CCC(CC)(CC(=O)O)NC(=O)c1ccc(S(=O)(=O)NC2CC2)cc1. The number of carbonyl (C=O) groups excluding carboxylic acids is 1. The highest BCUT2D eigenvalue weighted by Gasteiger charge is 2.31. The molecule has 0 saturated heterocycles. The van der Waals surface area contributed by atoms with Crippen LogP contribution in [0.15, 0.2) is 29.2 Å². The van der Waals surface area contributed by atoms with Crippen LogP contribution in [0.5, 0.6) is 0 Å². The average Bonchev–Trinajstić information content (AvgIpc) is 3.37. The lowest BCUT2D eigenvalue weighted by Gasteiger charge is -2.31. The Bertz CT molecular complexity index is 735. The molecule has 1 aliphatic carbocycles. The number of carboxylic acid groups (broad SMARTS) is 1. The molecule has 0 aromatic heterocycles. The zero-order valence-corrected chi connectivity index (χ0v) is 15.2. The minimum Gasteiger partial charge on any atom is -0.481 e. The van der Waals surface area contributed by atoms with Crippen molar-refractivity contribution >= 4 is 21.9 Å². The van der Waals surface area contributed by atoms with Crippen molar-refractivity contribution in [3.8, 4) is 0 Å². The second kappa shape index (κ2) is 7.53. The fourth-order valence-electron chi connectivity index (χ4n) is 2.60. The van der Waals surface area contributed by atoms with Crippen LogP contribution in [0.25, 0.3) is 0 Å². The van der Waals surface area contributed by atoms with E-state index in [0.717, 1.165) is 12.8 Å². The number of carbonyl (C=O) groups is 2. The Balaban J connectivity index is 2.12. The van der Waals surface area contributed by atoms with Crippen LogP contribution in [0.1, 0.15) is 56.3 Å². The van der Waals surface area contributed by atoms with Gasteiger partial charge in [0.05, 0.1) is 16.9 Å². The topological polar surface area (TPSA) is 113 Å². The predicted octanol–water partition coefficient (Wildman–Crippen LogP) is 1.89.